The number of nitrogens with one attached hydrogen (secondary N) is 2. The zero-order valence-electron chi connectivity index (χ0n) is 16.3. The van der Waals surface area contributed by atoms with Gasteiger partial charge in [0.1, 0.15) is 11.5 Å². The summed E-state index contributed by atoms with van der Waals surface area (Å²) in [6.07, 6.45) is 3.04. The molecule has 0 atom stereocenters. The number of anilines is 1. The first kappa shape index (κ1) is 22.1. The monoisotopic (exact) mass is 417 g/mol. The number of methoxy groups -OCH3 is 1. The van der Waals surface area contributed by atoms with E-state index in [0.29, 0.717) is 23.6 Å². The summed E-state index contributed by atoms with van der Waals surface area (Å²) in [5, 5.41) is 16.3. The molecule has 0 bridgehead atoms. The number of benzene rings is 2. The first-order chi connectivity index (χ1) is 14.0. The van der Waals surface area contributed by atoms with Gasteiger partial charge >= 0.3 is 0 Å². The quantitative estimate of drug-likeness (QED) is 0.271. The van der Waals surface area contributed by atoms with E-state index in [-0.39, 0.29) is 16.5 Å². The molecule has 0 saturated heterocycles. The number of carbonyl (C=O) groups is 1. The van der Waals surface area contributed by atoms with Gasteiger partial charge in [-0.3, -0.25) is 20.2 Å². The lowest BCUT2D eigenvalue weighted by Crippen LogP contribution is -2.34. The van der Waals surface area contributed by atoms with Crippen LogP contribution in [-0.4, -0.2) is 29.7 Å². The molecule has 0 unspecified atom stereocenters. The summed E-state index contributed by atoms with van der Waals surface area (Å²) in [5.74, 6) is 0.293. The Hall–Kier alpha value is -3.20. The summed E-state index contributed by atoms with van der Waals surface area (Å²) in [6, 6.07) is 11.0. The number of carbonyl (C=O) groups excluding carboxylic acids is 1. The molecular weight excluding hydrogens is 394 g/mol. The molecule has 2 N–H and O–H groups in total. The normalized spacial score (nSPS) is 10.1. The summed E-state index contributed by atoms with van der Waals surface area (Å²) in [7, 11) is 1.39. The highest BCUT2D eigenvalue weighted by atomic mass is 32.1. The van der Waals surface area contributed by atoms with E-state index in [1.165, 1.54) is 25.3 Å². The van der Waals surface area contributed by atoms with Crippen LogP contribution in [0.25, 0.3) is 0 Å². The van der Waals surface area contributed by atoms with Crippen molar-refractivity contribution in [2.24, 2.45) is 0 Å². The second kappa shape index (κ2) is 11.0. The van der Waals surface area contributed by atoms with Gasteiger partial charge in [-0.25, -0.2) is 0 Å². The zero-order chi connectivity index (χ0) is 21.2. The molecule has 8 nitrogen and oxygen atoms in total. The van der Waals surface area contributed by atoms with Crippen molar-refractivity contribution in [3.05, 3.63) is 58.1 Å². The van der Waals surface area contributed by atoms with Gasteiger partial charge in [-0.2, -0.15) is 0 Å². The Morgan fingerprint density at radius 1 is 1.17 bits per heavy atom. The van der Waals surface area contributed by atoms with E-state index in [1.807, 2.05) is 0 Å². The Bertz CT molecular complexity index is 888. The van der Waals surface area contributed by atoms with E-state index >= 15 is 0 Å². The molecule has 0 spiro atoms. The molecule has 0 saturated carbocycles. The zero-order valence-corrected chi connectivity index (χ0v) is 17.1. The third-order valence-corrected chi connectivity index (χ3v) is 4.21. The fraction of sp³-hybridized carbons (Fsp3) is 0.300. The van der Waals surface area contributed by atoms with Gasteiger partial charge in [0.15, 0.2) is 5.11 Å². The van der Waals surface area contributed by atoms with E-state index in [2.05, 4.69) is 17.6 Å². The molecule has 1 amide bonds. The van der Waals surface area contributed by atoms with Crippen molar-refractivity contribution >= 4 is 34.6 Å². The Labute approximate surface area is 174 Å². The van der Waals surface area contributed by atoms with Crippen molar-refractivity contribution < 1.29 is 19.2 Å². The number of para-hydroxylation sites is 1. The van der Waals surface area contributed by atoms with Gasteiger partial charge in [0.05, 0.1) is 36.0 Å². The maximum absolute atomic E-state index is 12.6. The predicted octanol–water partition coefficient (Wildman–Crippen LogP) is 4.30. The van der Waals surface area contributed by atoms with Gasteiger partial charge < -0.3 is 14.8 Å². The number of rotatable bonds is 9. The van der Waals surface area contributed by atoms with Gasteiger partial charge in [0.25, 0.3) is 11.6 Å². The van der Waals surface area contributed by atoms with Crippen LogP contribution in [0.3, 0.4) is 0 Å². The van der Waals surface area contributed by atoms with Crippen LogP contribution in [0.1, 0.15) is 36.5 Å². The number of ether oxygens (including phenoxy) is 2. The van der Waals surface area contributed by atoms with Gasteiger partial charge in [0, 0.05) is 6.07 Å². The maximum Gasteiger partial charge on any atom is 0.273 e. The van der Waals surface area contributed by atoms with Crippen LogP contribution in [0.15, 0.2) is 42.5 Å². The SMILES string of the molecule is CCCCCOc1ccccc1C(=O)NC(=S)Nc1ccc([N+](=O)[O-])cc1OC. The van der Waals surface area contributed by atoms with Gasteiger partial charge in [-0.05, 0) is 36.8 Å². The second-order valence-corrected chi connectivity index (χ2v) is 6.51. The van der Waals surface area contributed by atoms with Crippen LogP contribution in [0, 0.1) is 10.1 Å². The van der Waals surface area contributed by atoms with Crippen molar-refractivity contribution in [2.45, 2.75) is 26.2 Å². The largest absolute Gasteiger partial charge is 0.494 e. The number of hydrogen-bond acceptors (Lipinski definition) is 6. The van der Waals surface area contributed by atoms with Crippen LogP contribution < -0.4 is 20.1 Å². The summed E-state index contributed by atoms with van der Waals surface area (Å²) in [5.41, 5.74) is 0.646. The molecule has 154 valence electrons. The highest BCUT2D eigenvalue weighted by Crippen LogP contribution is 2.29. The highest BCUT2D eigenvalue weighted by molar-refractivity contribution is 7.80. The van der Waals surface area contributed by atoms with E-state index < -0.39 is 10.8 Å². The van der Waals surface area contributed by atoms with Crippen molar-refractivity contribution in [1.82, 2.24) is 5.32 Å². The molecule has 2 aromatic carbocycles. The first-order valence-corrected chi connectivity index (χ1v) is 9.53. The molecule has 0 aliphatic carbocycles. The molecule has 9 heteroatoms. The van der Waals surface area contributed by atoms with E-state index in [0.717, 1.165) is 19.3 Å². The Morgan fingerprint density at radius 3 is 2.62 bits per heavy atom. The van der Waals surface area contributed by atoms with Crippen LogP contribution >= 0.6 is 12.2 Å². The Kier molecular flexibility index (Phi) is 8.35. The van der Waals surface area contributed by atoms with Gasteiger partial charge in [-0.1, -0.05) is 31.9 Å². The molecule has 2 rings (SSSR count). The maximum atomic E-state index is 12.6. The lowest BCUT2D eigenvalue weighted by Gasteiger charge is -2.14. The van der Waals surface area contributed by atoms with Crippen LogP contribution in [0.2, 0.25) is 0 Å². The molecule has 0 aromatic heterocycles. The summed E-state index contributed by atoms with van der Waals surface area (Å²) in [6.45, 7) is 2.64. The molecule has 2 aromatic rings. The van der Waals surface area contributed by atoms with Crippen molar-refractivity contribution in [1.29, 1.82) is 0 Å². The van der Waals surface area contributed by atoms with E-state index in [1.54, 1.807) is 24.3 Å². The molecular formula is C20H23N3O5S. The summed E-state index contributed by atoms with van der Waals surface area (Å²) in [4.78, 5) is 23.0. The number of nitro groups is 1. The number of amides is 1. The lowest BCUT2D eigenvalue weighted by atomic mass is 10.2. The van der Waals surface area contributed by atoms with Crippen LogP contribution in [0.4, 0.5) is 11.4 Å². The first-order valence-electron chi connectivity index (χ1n) is 9.12. The number of nitro benzene ring substituents is 1. The lowest BCUT2D eigenvalue weighted by molar-refractivity contribution is -0.384. The standard InChI is InChI=1S/C20H23N3O5S/c1-3-4-7-12-28-17-9-6-5-8-15(17)19(24)22-20(29)21-16-11-10-14(23(25)26)13-18(16)27-2/h5-6,8-11,13H,3-4,7,12H2,1-2H3,(H2,21,22,24,29). The van der Waals surface area contributed by atoms with Crippen molar-refractivity contribution in [2.75, 3.05) is 19.0 Å². The topological polar surface area (TPSA) is 103 Å². The molecule has 29 heavy (non-hydrogen) atoms. The number of non-ortho nitro benzene ring substituents is 1. The number of thiocarbonyl (C=S) groups is 1. The highest BCUT2D eigenvalue weighted by Gasteiger charge is 2.16. The fourth-order valence-electron chi connectivity index (χ4n) is 2.54. The van der Waals surface area contributed by atoms with Crippen molar-refractivity contribution in [3.8, 4) is 11.5 Å². The van der Waals surface area contributed by atoms with E-state index in [9.17, 15) is 14.9 Å². The molecule has 0 aliphatic rings. The van der Waals surface area contributed by atoms with Gasteiger partial charge in [-0.15, -0.1) is 0 Å². The van der Waals surface area contributed by atoms with Crippen molar-refractivity contribution in [3.63, 3.8) is 0 Å². The summed E-state index contributed by atoms with van der Waals surface area (Å²) >= 11 is 5.20. The third kappa shape index (κ3) is 6.42. The minimum Gasteiger partial charge on any atom is -0.494 e. The minimum atomic E-state index is -0.524. The average molecular weight is 417 g/mol. The van der Waals surface area contributed by atoms with Crippen LogP contribution in [0.5, 0.6) is 11.5 Å². The number of unbranched alkanes of at least 4 members (excludes halogenated alkanes) is 2. The number of hydrogen-bond donors (Lipinski definition) is 2. The fourth-order valence-corrected chi connectivity index (χ4v) is 2.74. The Balaban J connectivity index is 2.04. The summed E-state index contributed by atoms with van der Waals surface area (Å²) < 4.78 is 10.9. The van der Waals surface area contributed by atoms with Gasteiger partial charge in [0.2, 0.25) is 0 Å². The van der Waals surface area contributed by atoms with E-state index in [4.69, 9.17) is 21.7 Å². The third-order valence-electron chi connectivity index (χ3n) is 4.01. The molecule has 0 aliphatic heterocycles. The number of nitrogens with zero attached hydrogens (tertiary/aromatic N) is 1. The van der Waals surface area contributed by atoms with Crippen LogP contribution in [-0.2, 0) is 0 Å². The smallest absolute Gasteiger partial charge is 0.273 e. The minimum absolute atomic E-state index is 0.0305. The molecule has 0 fully saturated rings. The predicted molar refractivity (Wildman–Crippen MR) is 115 cm³/mol. The Morgan fingerprint density at radius 2 is 1.93 bits per heavy atom. The molecule has 0 heterocycles. The second-order valence-electron chi connectivity index (χ2n) is 6.10. The average Bonchev–Trinajstić information content (AvgIpc) is 2.71. The molecule has 0 radical (unpaired) electrons.